The number of esters is 5. The van der Waals surface area contributed by atoms with Gasteiger partial charge in [-0.1, -0.05) is 0 Å². The van der Waals surface area contributed by atoms with Gasteiger partial charge in [0.15, 0.2) is 24.6 Å². The Kier molecular flexibility index (Phi) is 10.5. The molecule has 3 aliphatic rings. The van der Waals surface area contributed by atoms with Gasteiger partial charge >= 0.3 is 29.8 Å². The third kappa shape index (κ3) is 7.47. The number of ether oxygens (including phenoxy) is 9. The quantitative estimate of drug-likeness (QED) is 0.298. The van der Waals surface area contributed by atoms with E-state index in [-0.39, 0.29) is 12.0 Å². The molecule has 0 radical (unpaired) electrons. The standard InChI is InChI=1S/C25H34O15/c1-10-19-15(7-18(30)35-10)16(23(31)32-6)8-34-24(19)40-25-22(38-14(5)29)21(37-13(4)28)20(36-12(3)27)17(39-25)9-33-11(2)26/h8,10,15,17-22,24-25,30H,7,9H2,1-6H3/t10-,15+,17+,18+,19+,20+,21-,22+,24-,25-/m0/s1. The van der Waals surface area contributed by atoms with Gasteiger partial charge in [-0.2, -0.15) is 0 Å². The van der Waals surface area contributed by atoms with E-state index < -0.39 is 97.7 Å². The van der Waals surface area contributed by atoms with Crippen LogP contribution in [0.15, 0.2) is 11.8 Å². The number of hydrogen-bond acceptors (Lipinski definition) is 15. The van der Waals surface area contributed by atoms with Crippen LogP contribution in [0.2, 0.25) is 0 Å². The largest absolute Gasteiger partial charge is 0.471 e. The molecule has 15 heteroatoms. The van der Waals surface area contributed by atoms with Crippen molar-refractivity contribution in [2.24, 2.45) is 11.8 Å². The predicted octanol–water partition coefficient (Wildman–Crippen LogP) is -0.141. The molecule has 3 heterocycles. The van der Waals surface area contributed by atoms with E-state index in [1.807, 2.05) is 0 Å². The molecular weight excluding hydrogens is 540 g/mol. The Morgan fingerprint density at radius 3 is 2.05 bits per heavy atom. The topological polar surface area (TPSA) is 189 Å². The summed E-state index contributed by atoms with van der Waals surface area (Å²) >= 11 is 0. The van der Waals surface area contributed by atoms with Crippen molar-refractivity contribution in [2.75, 3.05) is 13.7 Å². The lowest BCUT2D eigenvalue weighted by molar-refractivity contribution is -0.354. The van der Waals surface area contributed by atoms with E-state index in [9.17, 15) is 29.1 Å². The summed E-state index contributed by atoms with van der Waals surface area (Å²) in [5.41, 5.74) is 0.156. The molecule has 1 N–H and O–H groups in total. The molecule has 0 unspecified atom stereocenters. The van der Waals surface area contributed by atoms with E-state index >= 15 is 0 Å². The maximum atomic E-state index is 12.4. The summed E-state index contributed by atoms with van der Waals surface area (Å²) in [4.78, 5) is 60.0. The van der Waals surface area contributed by atoms with Crippen LogP contribution in [-0.4, -0.2) is 98.1 Å². The van der Waals surface area contributed by atoms with Crippen LogP contribution in [0.3, 0.4) is 0 Å². The molecule has 2 fully saturated rings. The van der Waals surface area contributed by atoms with Crippen molar-refractivity contribution >= 4 is 29.8 Å². The first-order chi connectivity index (χ1) is 18.8. The number of aliphatic hydroxyl groups excluding tert-OH is 1. The van der Waals surface area contributed by atoms with Gasteiger partial charge in [-0.05, 0) is 6.92 Å². The van der Waals surface area contributed by atoms with Crippen LogP contribution < -0.4 is 0 Å². The molecule has 40 heavy (non-hydrogen) atoms. The van der Waals surface area contributed by atoms with Crippen LogP contribution in [0, 0.1) is 11.8 Å². The van der Waals surface area contributed by atoms with Gasteiger partial charge in [0, 0.05) is 40.0 Å². The Morgan fingerprint density at radius 1 is 0.875 bits per heavy atom. The third-order valence-electron chi connectivity index (χ3n) is 6.51. The van der Waals surface area contributed by atoms with Crippen LogP contribution in [0.5, 0.6) is 0 Å². The third-order valence-corrected chi connectivity index (χ3v) is 6.51. The summed E-state index contributed by atoms with van der Waals surface area (Å²) in [5.74, 6) is -5.00. The molecule has 3 aliphatic heterocycles. The average molecular weight is 575 g/mol. The Bertz CT molecular complexity index is 1010. The zero-order valence-electron chi connectivity index (χ0n) is 22.9. The highest BCUT2D eigenvalue weighted by Crippen LogP contribution is 2.43. The van der Waals surface area contributed by atoms with Gasteiger partial charge in [0.25, 0.3) is 0 Å². The molecular formula is C25H34O15. The Morgan fingerprint density at radius 2 is 1.48 bits per heavy atom. The second-order valence-electron chi connectivity index (χ2n) is 9.49. The number of aliphatic hydroxyl groups is 1. The zero-order chi connectivity index (χ0) is 29.7. The van der Waals surface area contributed by atoms with Gasteiger partial charge in [0.1, 0.15) is 12.7 Å². The van der Waals surface area contributed by atoms with E-state index in [4.69, 9.17) is 42.6 Å². The highest BCUT2D eigenvalue weighted by Gasteiger charge is 2.55. The number of carbonyl (C=O) groups excluding carboxylic acids is 5. The van der Waals surface area contributed by atoms with E-state index in [0.29, 0.717) is 0 Å². The van der Waals surface area contributed by atoms with Gasteiger partial charge in [0.05, 0.1) is 31.0 Å². The van der Waals surface area contributed by atoms with Gasteiger partial charge in [0.2, 0.25) is 12.6 Å². The minimum atomic E-state index is -1.52. The summed E-state index contributed by atoms with van der Waals surface area (Å²) in [5, 5.41) is 10.2. The molecule has 0 aromatic heterocycles. The van der Waals surface area contributed by atoms with Crippen molar-refractivity contribution in [2.45, 2.75) is 90.4 Å². The smallest absolute Gasteiger partial charge is 0.337 e. The molecule has 224 valence electrons. The second kappa shape index (κ2) is 13.4. The summed E-state index contributed by atoms with van der Waals surface area (Å²) in [7, 11) is 1.21. The minimum Gasteiger partial charge on any atom is -0.471 e. The van der Waals surface area contributed by atoms with Crippen molar-refractivity contribution in [3.05, 3.63) is 11.8 Å². The lowest BCUT2D eigenvalue weighted by Crippen LogP contribution is -2.64. The van der Waals surface area contributed by atoms with Crippen LogP contribution >= 0.6 is 0 Å². The fourth-order valence-electron chi connectivity index (χ4n) is 5.03. The normalized spacial score (nSPS) is 35.1. The van der Waals surface area contributed by atoms with Crippen LogP contribution in [0.1, 0.15) is 41.0 Å². The molecule has 0 bridgehead atoms. The molecule has 0 aromatic rings. The van der Waals surface area contributed by atoms with Crippen molar-refractivity contribution < 1.29 is 71.7 Å². The fourth-order valence-corrected chi connectivity index (χ4v) is 5.03. The number of hydrogen-bond donors (Lipinski definition) is 1. The fraction of sp³-hybridized carbons (Fsp3) is 0.720. The molecule has 0 aliphatic carbocycles. The van der Waals surface area contributed by atoms with Crippen molar-refractivity contribution in [3.63, 3.8) is 0 Å². The molecule has 10 atom stereocenters. The van der Waals surface area contributed by atoms with Crippen molar-refractivity contribution in [3.8, 4) is 0 Å². The first-order valence-corrected chi connectivity index (χ1v) is 12.6. The van der Waals surface area contributed by atoms with Gasteiger partial charge in [-0.25, -0.2) is 4.79 Å². The maximum Gasteiger partial charge on any atom is 0.337 e. The van der Waals surface area contributed by atoms with Crippen LogP contribution in [0.4, 0.5) is 0 Å². The number of rotatable bonds is 8. The van der Waals surface area contributed by atoms with Crippen molar-refractivity contribution in [1.82, 2.24) is 0 Å². The highest BCUT2D eigenvalue weighted by molar-refractivity contribution is 5.89. The SMILES string of the molecule is COC(=O)C1=CO[C@@H](O[C@@H]2O[C@H](COC(C)=O)[C@@H](OC(C)=O)[C@H](OC(C)=O)[C@H]2OC(C)=O)[C@@H]2[C@H](C)O[C@@H](O)C[C@H]12. The minimum absolute atomic E-state index is 0.0255. The summed E-state index contributed by atoms with van der Waals surface area (Å²) in [6.45, 7) is 5.67. The molecule has 2 saturated heterocycles. The Hall–Kier alpha value is -3.27. The Labute approximate surface area is 229 Å². The summed E-state index contributed by atoms with van der Waals surface area (Å²) in [6.07, 6.45) is -8.90. The van der Waals surface area contributed by atoms with Gasteiger partial charge in [-0.3, -0.25) is 19.2 Å². The lowest BCUT2D eigenvalue weighted by atomic mass is 9.77. The molecule has 15 nitrogen and oxygen atoms in total. The van der Waals surface area contributed by atoms with Crippen LogP contribution in [0.25, 0.3) is 0 Å². The maximum absolute atomic E-state index is 12.4. The monoisotopic (exact) mass is 574 g/mol. The van der Waals surface area contributed by atoms with E-state index in [0.717, 1.165) is 34.0 Å². The van der Waals surface area contributed by atoms with E-state index in [1.165, 1.54) is 7.11 Å². The average Bonchev–Trinajstić information content (AvgIpc) is 2.84. The first kappa shape index (κ1) is 31.3. The van der Waals surface area contributed by atoms with Crippen LogP contribution in [-0.2, 0) is 66.6 Å². The molecule has 0 saturated carbocycles. The van der Waals surface area contributed by atoms with E-state index in [1.54, 1.807) is 6.92 Å². The van der Waals surface area contributed by atoms with E-state index in [2.05, 4.69) is 0 Å². The Balaban J connectivity index is 2.00. The zero-order valence-corrected chi connectivity index (χ0v) is 22.9. The molecule has 3 rings (SSSR count). The molecule has 0 spiro atoms. The predicted molar refractivity (Wildman–Crippen MR) is 126 cm³/mol. The number of carbonyl (C=O) groups is 5. The number of methoxy groups -OCH3 is 1. The van der Waals surface area contributed by atoms with Gasteiger partial charge in [-0.15, -0.1) is 0 Å². The number of fused-ring (bicyclic) bond motifs is 1. The second-order valence-corrected chi connectivity index (χ2v) is 9.49. The van der Waals surface area contributed by atoms with Gasteiger partial charge < -0.3 is 47.7 Å². The lowest BCUT2D eigenvalue weighted by Gasteiger charge is -2.48. The molecule has 0 amide bonds. The first-order valence-electron chi connectivity index (χ1n) is 12.6. The molecule has 0 aromatic carbocycles. The van der Waals surface area contributed by atoms with Crippen molar-refractivity contribution in [1.29, 1.82) is 0 Å². The highest BCUT2D eigenvalue weighted by atomic mass is 16.8. The summed E-state index contributed by atoms with van der Waals surface area (Å²) < 4.78 is 49.5. The summed E-state index contributed by atoms with van der Waals surface area (Å²) in [6, 6.07) is 0.